The minimum absolute atomic E-state index is 0.0803. The normalized spacial score (nSPS) is 18.3. The SMILES string of the molecule is CCOC(=O)CSc1nnc(NC(=O)CN2C(=O)NC(C)(c3ccccc3)C2=O)s1. The number of aromatic nitrogens is 2. The lowest BCUT2D eigenvalue weighted by Crippen LogP contribution is -2.42. The van der Waals surface area contributed by atoms with E-state index in [0.717, 1.165) is 28.0 Å². The van der Waals surface area contributed by atoms with Gasteiger partial charge >= 0.3 is 12.0 Å². The average molecular weight is 450 g/mol. The van der Waals surface area contributed by atoms with Gasteiger partial charge in [-0.15, -0.1) is 10.2 Å². The molecule has 2 N–H and O–H groups in total. The van der Waals surface area contributed by atoms with Crippen molar-refractivity contribution < 1.29 is 23.9 Å². The summed E-state index contributed by atoms with van der Waals surface area (Å²) in [5.74, 6) is -1.40. The van der Waals surface area contributed by atoms with Gasteiger partial charge in [0, 0.05) is 0 Å². The molecule has 30 heavy (non-hydrogen) atoms. The van der Waals surface area contributed by atoms with Crippen LogP contribution in [-0.4, -0.2) is 57.8 Å². The van der Waals surface area contributed by atoms with Crippen LogP contribution in [0.3, 0.4) is 0 Å². The van der Waals surface area contributed by atoms with Crippen LogP contribution in [0.5, 0.6) is 0 Å². The topological polar surface area (TPSA) is 131 Å². The molecule has 0 aliphatic carbocycles. The van der Waals surface area contributed by atoms with Crippen LogP contribution >= 0.6 is 23.1 Å². The van der Waals surface area contributed by atoms with Crippen molar-refractivity contribution in [3.63, 3.8) is 0 Å². The summed E-state index contributed by atoms with van der Waals surface area (Å²) in [5.41, 5.74) is -0.614. The quantitative estimate of drug-likeness (QED) is 0.269. The first kappa shape index (κ1) is 21.7. The predicted molar refractivity (Wildman–Crippen MR) is 110 cm³/mol. The molecule has 12 heteroatoms. The minimum Gasteiger partial charge on any atom is -0.465 e. The lowest BCUT2D eigenvalue weighted by atomic mass is 9.92. The van der Waals surface area contributed by atoms with Gasteiger partial charge in [0.25, 0.3) is 5.91 Å². The number of anilines is 1. The zero-order chi connectivity index (χ0) is 21.7. The van der Waals surface area contributed by atoms with Crippen LogP contribution in [-0.2, 0) is 24.7 Å². The number of carbonyl (C=O) groups is 4. The second-order valence-corrected chi connectivity index (χ2v) is 8.53. The van der Waals surface area contributed by atoms with Crippen molar-refractivity contribution >= 4 is 52.0 Å². The molecular weight excluding hydrogens is 430 g/mol. The Labute approximate surface area is 180 Å². The van der Waals surface area contributed by atoms with Gasteiger partial charge in [0.2, 0.25) is 11.0 Å². The first-order chi connectivity index (χ1) is 14.3. The molecule has 2 aromatic rings. The van der Waals surface area contributed by atoms with Crippen LogP contribution < -0.4 is 10.6 Å². The number of hydrogen-bond acceptors (Lipinski definition) is 9. The first-order valence-corrected chi connectivity index (χ1v) is 10.7. The maximum absolute atomic E-state index is 12.8. The third kappa shape index (κ3) is 4.76. The molecule has 158 valence electrons. The van der Waals surface area contributed by atoms with Crippen LogP contribution in [0.1, 0.15) is 19.4 Å². The molecule has 1 aliphatic heterocycles. The van der Waals surface area contributed by atoms with Crippen LogP contribution in [0.4, 0.5) is 9.93 Å². The Morgan fingerprint density at radius 3 is 2.70 bits per heavy atom. The van der Waals surface area contributed by atoms with E-state index in [4.69, 9.17) is 4.74 Å². The molecule has 4 amide bonds. The van der Waals surface area contributed by atoms with Crippen LogP contribution in [0.2, 0.25) is 0 Å². The number of nitrogens with zero attached hydrogens (tertiary/aromatic N) is 3. The monoisotopic (exact) mass is 449 g/mol. The largest absolute Gasteiger partial charge is 0.465 e. The van der Waals surface area contributed by atoms with Crippen molar-refractivity contribution in [3.05, 3.63) is 35.9 Å². The molecule has 1 atom stereocenters. The lowest BCUT2D eigenvalue weighted by Gasteiger charge is -2.21. The molecule has 3 rings (SSSR count). The van der Waals surface area contributed by atoms with E-state index in [9.17, 15) is 19.2 Å². The van der Waals surface area contributed by atoms with Gasteiger partial charge in [-0.2, -0.15) is 0 Å². The van der Waals surface area contributed by atoms with E-state index < -0.39 is 29.9 Å². The van der Waals surface area contributed by atoms with Crippen LogP contribution in [0, 0.1) is 0 Å². The Kier molecular flexibility index (Phi) is 6.67. The second-order valence-electron chi connectivity index (χ2n) is 6.33. The molecule has 1 aliphatic rings. The fourth-order valence-electron chi connectivity index (χ4n) is 2.75. The van der Waals surface area contributed by atoms with Gasteiger partial charge in [-0.25, -0.2) is 4.79 Å². The number of hydrogen-bond donors (Lipinski definition) is 2. The number of benzene rings is 1. The van der Waals surface area contributed by atoms with Gasteiger partial charge in [0.15, 0.2) is 4.34 Å². The highest BCUT2D eigenvalue weighted by Crippen LogP contribution is 2.29. The number of urea groups is 1. The van der Waals surface area contributed by atoms with Gasteiger partial charge in [0.1, 0.15) is 12.1 Å². The summed E-state index contributed by atoms with van der Waals surface area (Å²) in [6, 6.07) is 8.16. The molecular formula is C18H19N5O5S2. The third-order valence-corrected chi connectivity index (χ3v) is 6.14. The number of esters is 1. The third-order valence-electron chi connectivity index (χ3n) is 4.20. The summed E-state index contributed by atoms with van der Waals surface area (Å²) in [7, 11) is 0. The highest BCUT2D eigenvalue weighted by molar-refractivity contribution is 8.01. The number of ether oxygens (including phenoxy) is 1. The van der Waals surface area contributed by atoms with Gasteiger partial charge in [-0.3, -0.25) is 24.6 Å². The van der Waals surface area contributed by atoms with E-state index in [0.29, 0.717) is 16.5 Å². The standard InChI is InChI=1S/C18H19N5O5S2/c1-3-28-13(25)10-29-17-22-21-15(30-17)19-12(24)9-23-14(26)18(2,20-16(23)27)11-7-5-4-6-8-11/h4-8H,3,9-10H2,1-2H3,(H,20,27)(H,19,21,24). The first-order valence-electron chi connectivity index (χ1n) is 8.95. The number of nitrogens with one attached hydrogen (secondary N) is 2. The molecule has 0 bridgehead atoms. The van der Waals surface area contributed by atoms with E-state index in [2.05, 4.69) is 20.8 Å². The van der Waals surface area contributed by atoms with Gasteiger partial charge in [-0.05, 0) is 19.4 Å². The minimum atomic E-state index is -1.24. The molecule has 0 saturated carbocycles. The maximum atomic E-state index is 12.8. The fourth-order valence-corrected chi connectivity index (χ4v) is 4.32. The second kappa shape index (κ2) is 9.22. The Morgan fingerprint density at radius 1 is 1.27 bits per heavy atom. The summed E-state index contributed by atoms with van der Waals surface area (Å²) in [6.07, 6.45) is 0. The number of carbonyl (C=O) groups excluding carboxylic acids is 4. The molecule has 1 aromatic carbocycles. The predicted octanol–water partition coefficient (Wildman–Crippen LogP) is 1.60. The van der Waals surface area contributed by atoms with Gasteiger partial charge < -0.3 is 10.1 Å². The van der Waals surface area contributed by atoms with Crippen molar-refractivity contribution in [2.24, 2.45) is 0 Å². The van der Waals surface area contributed by atoms with Gasteiger partial charge in [-0.1, -0.05) is 53.4 Å². The van der Waals surface area contributed by atoms with Crippen molar-refractivity contribution in [2.45, 2.75) is 23.7 Å². The smallest absolute Gasteiger partial charge is 0.325 e. The molecule has 1 unspecified atom stereocenters. The van der Waals surface area contributed by atoms with Crippen molar-refractivity contribution in [1.29, 1.82) is 0 Å². The average Bonchev–Trinajstić information content (AvgIpc) is 3.25. The summed E-state index contributed by atoms with van der Waals surface area (Å²) in [6.45, 7) is 3.15. The lowest BCUT2D eigenvalue weighted by molar-refractivity contribution is -0.139. The van der Waals surface area contributed by atoms with Crippen molar-refractivity contribution in [3.8, 4) is 0 Å². The van der Waals surface area contributed by atoms with Crippen molar-refractivity contribution in [1.82, 2.24) is 20.4 Å². The van der Waals surface area contributed by atoms with Crippen LogP contribution in [0.15, 0.2) is 34.7 Å². The molecule has 1 aromatic heterocycles. The van der Waals surface area contributed by atoms with Crippen LogP contribution in [0.25, 0.3) is 0 Å². The molecule has 1 fully saturated rings. The molecule has 0 radical (unpaired) electrons. The number of imide groups is 1. The maximum Gasteiger partial charge on any atom is 0.325 e. The molecule has 1 saturated heterocycles. The highest BCUT2D eigenvalue weighted by Gasteiger charge is 2.49. The van der Waals surface area contributed by atoms with E-state index >= 15 is 0 Å². The Hall–Kier alpha value is -2.99. The molecule has 0 spiro atoms. The zero-order valence-electron chi connectivity index (χ0n) is 16.2. The Balaban J connectivity index is 1.58. The zero-order valence-corrected chi connectivity index (χ0v) is 17.8. The Morgan fingerprint density at radius 2 is 2.00 bits per heavy atom. The van der Waals surface area contributed by atoms with Gasteiger partial charge in [0.05, 0.1) is 12.4 Å². The van der Waals surface area contributed by atoms with Crippen molar-refractivity contribution in [2.75, 3.05) is 24.2 Å². The van der Waals surface area contributed by atoms with E-state index in [1.165, 1.54) is 0 Å². The van der Waals surface area contributed by atoms with E-state index in [-0.39, 0.29) is 16.9 Å². The number of rotatable bonds is 8. The van der Waals surface area contributed by atoms with E-state index in [1.54, 1.807) is 44.2 Å². The fraction of sp³-hybridized carbons (Fsp3) is 0.333. The Bertz CT molecular complexity index is 967. The summed E-state index contributed by atoms with van der Waals surface area (Å²) in [4.78, 5) is 49.7. The summed E-state index contributed by atoms with van der Waals surface area (Å²) >= 11 is 2.21. The number of thioether (sulfide) groups is 1. The molecule has 2 heterocycles. The number of amides is 4. The summed E-state index contributed by atoms with van der Waals surface area (Å²) in [5, 5.41) is 13.1. The highest BCUT2D eigenvalue weighted by atomic mass is 32.2. The summed E-state index contributed by atoms with van der Waals surface area (Å²) < 4.78 is 5.31. The van der Waals surface area contributed by atoms with E-state index in [1.807, 2.05) is 0 Å². The molecule has 10 nitrogen and oxygen atoms in total.